The Kier molecular flexibility index (Phi) is 6.91. The van der Waals surface area contributed by atoms with Crippen LogP contribution < -0.4 is 9.64 Å². The lowest BCUT2D eigenvalue weighted by molar-refractivity contribution is -0.113. The Hall–Kier alpha value is -3.46. The van der Waals surface area contributed by atoms with Gasteiger partial charge in [0.25, 0.3) is 5.91 Å². The highest BCUT2D eigenvalue weighted by Gasteiger charge is 2.34. The van der Waals surface area contributed by atoms with Crippen molar-refractivity contribution >= 4 is 78.6 Å². The van der Waals surface area contributed by atoms with Crippen LogP contribution in [0.5, 0.6) is 5.75 Å². The summed E-state index contributed by atoms with van der Waals surface area (Å²) >= 11 is 10.1. The number of carboxylic acid groups (broad SMARTS) is 1. The zero-order chi connectivity index (χ0) is 25.2. The molecule has 0 aliphatic carbocycles. The van der Waals surface area contributed by atoms with Gasteiger partial charge in [0.05, 0.1) is 16.2 Å². The summed E-state index contributed by atoms with van der Waals surface area (Å²) in [6.45, 7) is 0.370. The number of benzene rings is 4. The molecular weight excluding hydrogens is 558 g/mol. The number of carboxylic acids is 1. The molecular formula is C28H18BrNO4S2. The van der Waals surface area contributed by atoms with E-state index in [1.165, 1.54) is 28.8 Å². The predicted molar refractivity (Wildman–Crippen MR) is 151 cm³/mol. The molecule has 1 saturated heterocycles. The van der Waals surface area contributed by atoms with Crippen molar-refractivity contribution in [3.05, 3.63) is 111 Å². The first kappa shape index (κ1) is 24.2. The van der Waals surface area contributed by atoms with Gasteiger partial charge in [-0.05, 0) is 58.8 Å². The number of aromatic carboxylic acids is 1. The second-order valence-electron chi connectivity index (χ2n) is 7.99. The van der Waals surface area contributed by atoms with Crippen LogP contribution in [0, 0.1) is 0 Å². The van der Waals surface area contributed by atoms with E-state index in [1.54, 1.807) is 18.2 Å². The normalized spacial score (nSPS) is 14.6. The van der Waals surface area contributed by atoms with Crippen molar-refractivity contribution in [2.24, 2.45) is 0 Å². The van der Waals surface area contributed by atoms with Gasteiger partial charge in [0.1, 0.15) is 12.4 Å². The number of ether oxygens (including phenoxy) is 1. The average molecular weight is 576 g/mol. The van der Waals surface area contributed by atoms with Crippen LogP contribution in [-0.4, -0.2) is 21.3 Å². The maximum Gasteiger partial charge on any atom is 0.335 e. The maximum atomic E-state index is 13.4. The molecule has 4 aromatic rings. The molecule has 0 bridgehead atoms. The SMILES string of the molecule is O=C(O)c1cccc(N2C(=O)/C(=C\c3c(OCc4ccc(Br)cc4)ccc4ccccc34)SC2=S)c1. The molecule has 0 unspecified atom stereocenters. The minimum Gasteiger partial charge on any atom is -0.488 e. The topological polar surface area (TPSA) is 66.8 Å². The van der Waals surface area contributed by atoms with Crippen LogP contribution in [0.25, 0.3) is 16.8 Å². The first-order chi connectivity index (χ1) is 17.4. The van der Waals surface area contributed by atoms with Crippen molar-refractivity contribution < 1.29 is 19.4 Å². The molecule has 1 N–H and O–H groups in total. The fourth-order valence-electron chi connectivity index (χ4n) is 3.89. The van der Waals surface area contributed by atoms with Crippen LogP contribution in [0.15, 0.2) is 94.3 Å². The first-order valence-electron chi connectivity index (χ1n) is 10.9. The van der Waals surface area contributed by atoms with Gasteiger partial charge in [-0.2, -0.15) is 0 Å². The molecule has 0 aromatic heterocycles. The van der Waals surface area contributed by atoms with E-state index >= 15 is 0 Å². The molecule has 0 radical (unpaired) electrons. The van der Waals surface area contributed by atoms with Gasteiger partial charge >= 0.3 is 5.97 Å². The molecule has 0 saturated carbocycles. The van der Waals surface area contributed by atoms with E-state index in [1.807, 2.05) is 60.7 Å². The summed E-state index contributed by atoms with van der Waals surface area (Å²) in [5, 5.41) is 11.3. The Balaban J connectivity index is 1.52. The van der Waals surface area contributed by atoms with E-state index in [2.05, 4.69) is 15.9 Å². The number of anilines is 1. The van der Waals surface area contributed by atoms with Crippen LogP contribution in [0.2, 0.25) is 0 Å². The van der Waals surface area contributed by atoms with E-state index < -0.39 is 5.97 Å². The summed E-state index contributed by atoms with van der Waals surface area (Å²) in [4.78, 5) is 26.6. The van der Waals surface area contributed by atoms with E-state index in [0.717, 1.165) is 26.4 Å². The Bertz CT molecular complexity index is 1550. The summed E-state index contributed by atoms with van der Waals surface area (Å²) in [5.74, 6) is -0.727. The van der Waals surface area contributed by atoms with Crippen LogP contribution in [0.1, 0.15) is 21.5 Å². The van der Waals surface area contributed by atoms with Crippen molar-refractivity contribution in [1.82, 2.24) is 0 Å². The van der Waals surface area contributed by atoms with Crippen molar-refractivity contribution in [2.75, 3.05) is 4.90 Å². The molecule has 1 fully saturated rings. The van der Waals surface area contributed by atoms with Crippen LogP contribution in [0.4, 0.5) is 5.69 Å². The molecule has 1 amide bonds. The molecule has 5 nitrogen and oxygen atoms in total. The lowest BCUT2D eigenvalue weighted by Gasteiger charge is -2.15. The molecule has 0 atom stereocenters. The van der Waals surface area contributed by atoms with Crippen molar-refractivity contribution in [3.63, 3.8) is 0 Å². The average Bonchev–Trinajstić information content (AvgIpc) is 3.17. The van der Waals surface area contributed by atoms with E-state index in [9.17, 15) is 14.7 Å². The van der Waals surface area contributed by atoms with Gasteiger partial charge in [-0.1, -0.05) is 88.4 Å². The number of nitrogens with zero attached hydrogens (tertiary/aromatic N) is 1. The second kappa shape index (κ2) is 10.3. The number of rotatable bonds is 6. The quantitative estimate of drug-likeness (QED) is 0.192. The number of hydrogen-bond donors (Lipinski definition) is 1. The molecule has 1 aliphatic heterocycles. The second-order valence-corrected chi connectivity index (χ2v) is 10.6. The number of amides is 1. The lowest BCUT2D eigenvalue weighted by Crippen LogP contribution is -2.27. The van der Waals surface area contributed by atoms with E-state index in [4.69, 9.17) is 17.0 Å². The molecule has 1 aliphatic rings. The Morgan fingerprint density at radius 3 is 2.58 bits per heavy atom. The summed E-state index contributed by atoms with van der Waals surface area (Å²) in [7, 11) is 0. The fraction of sp³-hybridized carbons (Fsp3) is 0.0357. The first-order valence-corrected chi connectivity index (χ1v) is 12.9. The van der Waals surface area contributed by atoms with Crippen molar-refractivity contribution in [2.45, 2.75) is 6.61 Å². The van der Waals surface area contributed by atoms with Gasteiger partial charge in [-0.3, -0.25) is 9.69 Å². The number of hydrogen-bond acceptors (Lipinski definition) is 5. The molecule has 0 spiro atoms. The monoisotopic (exact) mass is 575 g/mol. The van der Waals surface area contributed by atoms with E-state index in [-0.39, 0.29) is 11.5 Å². The maximum absolute atomic E-state index is 13.4. The fourth-order valence-corrected chi connectivity index (χ4v) is 5.44. The number of halogens is 1. The molecule has 5 rings (SSSR count). The van der Waals surface area contributed by atoms with Crippen molar-refractivity contribution in [1.29, 1.82) is 0 Å². The van der Waals surface area contributed by atoms with Crippen LogP contribution in [0.3, 0.4) is 0 Å². The van der Waals surface area contributed by atoms with E-state index in [0.29, 0.717) is 27.3 Å². The summed E-state index contributed by atoms with van der Waals surface area (Å²) in [6, 6.07) is 25.9. The summed E-state index contributed by atoms with van der Waals surface area (Å²) < 4.78 is 7.54. The molecule has 1 heterocycles. The highest BCUT2D eigenvalue weighted by atomic mass is 79.9. The van der Waals surface area contributed by atoms with Crippen LogP contribution in [-0.2, 0) is 11.4 Å². The Morgan fingerprint density at radius 2 is 1.81 bits per heavy atom. The Morgan fingerprint density at radius 1 is 1.03 bits per heavy atom. The third-order valence-electron chi connectivity index (χ3n) is 5.66. The lowest BCUT2D eigenvalue weighted by atomic mass is 10.0. The number of fused-ring (bicyclic) bond motifs is 1. The van der Waals surface area contributed by atoms with Crippen molar-refractivity contribution in [3.8, 4) is 5.75 Å². The molecule has 36 heavy (non-hydrogen) atoms. The molecule has 4 aromatic carbocycles. The smallest absolute Gasteiger partial charge is 0.335 e. The molecule has 8 heteroatoms. The summed E-state index contributed by atoms with van der Waals surface area (Å²) in [6.07, 6.45) is 1.81. The third-order valence-corrected chi connectivity index (χ3v) is 7.49. The van der Waals surface area contributed by atoms with Crippen LogP contribution >= 0.6 is 39.9 Å². The van der Waals surface area contributed by atoms with Gasteiger partial charge in [-0.25, -0.2) is 4.79 Å². The number of carbonyl (C=O) groups is 2. The third kappa shape index (κ3) is 4.93. The minimum atomic E-state index is -1.07. The highest BCUT2D eigenvalue weighted by Crippen LogP contribution is 2.39. The van der Waals surface area contributed by atoms with Gasteiger partial charge in [-0.15, -0.1) is 0 Å². The zero-order valence-electron chi connectivity index (χ0n) is 18.7. The zero-order valence-corrected chi connectivity index (χ0v) is 21.9. The largest absolute Gasteiger partial charge is 0.488 e. The standard InChI is InChI=1S/C28H18BrNO4S2/c29-20-11-8-17(9-12-20)16-34-24-13-10-18-4-1-2-7-22(18)23(24)15-25-26(31)30(28(35)36-25)21-6-3-5-19(14-21)27(32)33/h1-15H,16H2,(H,32,33)/b25-15+. The molecule has 178 valence electrons. The minimum absolute atomic E-state index is 0.0863. The van der Waals surface area contributed by atoms with Gasteiger partial charge < -0.3 is 9.84 Å². The number of carbonyl (C=O) groups excluding carboxylic acids is 1. The number of thioether (sulfide) groups is 1. The Labute approximate surface area is 225 Å². The number of thiocarbonyl (C=S) groups is 1. The van der Waals surface area contributed by atoms with Gasteiger partial charge in [0.2, 0.25) is 0 Å². The summed E-state index contributed by atoms with van der Waals surface area (Å²) in [5.41, 5.74) is 2.31. The van der Waals surface area contributed by atoms with Gasteiger partial charge in [0.15, 0.2) is 4.32 Å². The highest BCUT2D eigenvalue weighted by molar-refractivity contribution is 9.10. The van der Waals surface area contributed by atoms with Gasteiger partial charge in [0, 0.05) is 10.0 Å². The predicted octanol–water partition coefficient (Wildman–Crippen LogP) is 7.29.